The molecule has 0 aromatic carbocycles. The molecule has 2 aromatic rings. The molecule has 0 aliphatic rings. The Labute approximate surface area is 120 Å². The maximum absolute atomic E-state index is 12.3. The average molecular weight is 273 g/mol. The second-order valence-corrected chi connectivity index (χ2v) is 5.21. The van der Waals surface area contributed by atoms with Crippen LogP contribution in [0.1, 0.15) is 37.9 Å². The smallest absolute Gasteiger partial charge is 0.228 e. The molecule has 0 aliphatic heterocycles. The van der Waals surface area contributed by atoms with Crippen LogP contribution in [0, 0.1) is 6.92 Å². The highest BCUT2D eigenvalue weighted by molar-refractivity contribution is 5.78. The molecule has 0 saturated carbocycles. The fraction of sp³-hybridized carbons (Fsp3) is 0.500. The minimum Gasteiger partial charge on any atom is -0.342 e. The van der Waals surface area contributed by atoms with Gasteiger partial charge in [-0.15, -0.1) is 0 Å². The first kappa shape index (κ1) is 14.6. The summed E-state index contributed by atoms with van der Waals surface area (Å²) in [5.74, 6) is 0.176. The molecule has 0 radical (unpaired) electrons. The SMILES string of the molecule is CCCN(CCC)C(=O)Cc1cn2cccc(C)c2n1. The predicted octanol–water partition coefficient (Wildman–Crippen LogP) is 2.83. The predicted molar refractivity (Wildman–Crippen MR) is 80.8 cm³/mol. The minimum absolute atomic E-state index is 0.176. The lowest BCUT2D eigenvalue weighted by molar-refractivity contribution is -0.130. The van der Waals surface area contributed by atoms with Gasteiger partial charge in [-0.1, -0.05) is 19.9 Å². The highest BCUT2D eigenvalue weighted by Gasteiger charge is 2.14. The molecule has 0 unspecified atom stereocenters. The van der Waals surface area contributed by atoms with Gasteiger partial charge in [0.25, 0.3) is 0 Å². The molecule has 0 bridgehead atoms. The Morgan fingerprint density at radius 2 is 2.00 bits per heavy atom. The van der Waals surface area contributed by atoms with Crippen LogP contribution in [-0.2, 0) is 11.2 Å². The molecule has 4 heteroatoms. The molecule has 2 rings (SSSR count). The number of rotatable bonds is 6. The third-order valence-electron chi connectivity index (χ3n) is 3.40. The summed E-state index contributed by atoms with van der Waals surface area (Å²) in [4.78, 5) is 18.8. The van der Waals surface area contributed by atoms with Gasteiger partial charge in [0.1, 0.15) is 5.65 Å². The normalized spacial score (nSPS) is 10.9. The van der Waals surface area contributed by atoms with Crippen LogP contribution in [0.2, 0.25) is 0 Å². The summed E-state index contributed by atoms with van der Waals surface area (Å²) >= 11 is 0. The zero-order chi connectivity index (χ0) is 14.5. The first-order chi connectivity index (χ1) is 9.65. The maximum Gasteiger partial charge on any atom is 0.228 e. The van der Waals surface area contributed by atoms with Crippen LogP contribution >= 0.6 is 0 Å². The van der Waals surface area contributed by atoms with Gasteiger partial charge in [0.15, 0.2) is 0 Å². The molecule has 0 fully saturated rings. The Balaban J connectivity index is 2.14. The van der Waals surface area contributed by atoms with E-state index in [4.69, 9.17) is 0 Å². The van der Waals surface area contributed by atoms with Crippen molar-refractivity contribution < 1.29 is 4.79 Å². The molecule has 20 heavy (non-hydrogen) atoms. The number of carbonyl (C=O) groups excluding carboxylic acids is 1. The van der Waals surface area contributed by atoms with E-state index in [1.165, 1.54) is 0 Å². The molecule has 0 aliphatic carbocycles. The number of amides is 1. The largest absolute Gasteiger partial charge is 0.342 e. The quantitative estimate of drug-likeness (QED) is 0.811. The van der Waals surface area contributed by atoms with E-state index in [1.54, 1.807) is 0 Å². The molecule has 0 spiro atoms. The van der Waals surface area contributed by atoms with Gasteiger partial charge < -0.3 is 9.30 Å². The third-order valence-corrected chi connectivity index (χ3v) is 3.40. The van der Waals surface area contributed by atoms with E-state index in [9.17, 15) is 4.79 Å². The fourth-order valence-corrected chi connectivity index (χ4v) is 2.46. The molecule has 0 N–H and O–H groups in total. The van der Waals surface area contributed by atoms with Crippen molar-refractivity contribution in [2.24, 2.45) is 0 Å². The highest BCUT2D eigenvalue weighted by atomic mass is 16.2. The molecule has 4 nitrogen and oxygen atoms in total. The van der Waals surface area contributed by atoms with E-state index in [0.29, 0.717) is 6.42 Å². The Kier molecular flexibility index (Phi) is 4.77. The van der Waals surface area contributed by atoms with Crippen molar-refractivity contribution in [3.8, 4) is 0 Å². The summed E-state index contributed by atoms with van der Waals surface area (Å²) < 4.78 is 1.99. The monoisotopic (exact) mass is 273 g/mol. The van der Waals surface area contributed by atoms with Crippen molar-refractivity contribution in [2.45, 2.75) is 40.0 Å². The van der Waals surface area contributed by atoms with E-state index in [2.05, 4.69) is 18.8 Å². The molecule has 1 amide bonds. The molecule has 2 heterocycles. The summed E-state index contributed by atoms with van der Waals surface area (Å²) in [5.41, 5.74) is 2.92. The number of nitrogens with zero attached hydrogens (tertiary/aromatic N) is 3. The van der Waals surface area contributed by atoms with E-state index >= 15 is 0 Å². The zero-order valence-corrected chi connectivity index (χ0v) is 12.6. The fourth-order valence-electron chi connectivity index (χ4n) is 2.46. The van der Waals surface area contributed by atoms with Gasteiger partial charge in [0, 0.05) is 25.5 Å². The van der Waals surface area contributed by atoms with Crippen LogP contribution in [0.3, 0.4) is 0 Å². The van der Waals surface area contributed by atoms with Crippen molar-refractivity contribution in [3.63, 3.8) is 0 Å². The van der Waals surface area contributed by atoms with Gasteiger partial charge in [-0.25, -0.2) is 4.98 Å². The number of hydrogen-bond donors (Lipinski definition) is 0. The minimum atomic E-state index is 0.176. The van der Waals surface area contributed by atoms with Gasteiger partial charge in [0.05, 0.1) is 12.1 Å². The lowest BCUT2D eigenvalue weighted by Crippen LogP contribution is -2.33. The van der Waals surface area contributed by atoms with Crippen LogP contribution in [0.25, 0.3) is 5.65 Å². The summed E-state index contributed by atoms with van der Waals surface area (Å²) in [6, 6.07) is 4.03. The van der Waals surface area contributed by atoms with E-state index in [-0.39, 0.29) is 5.91 Å². The maximum atomic E-state index is 12.3. The Morgan fingerprint density at radius 1 is 1.30 bits per heavy atom. The first-order valence-corrected chi connectivity index (χ1v) is 7.36. The Morgan fingerprint density at radius 3 is 2.60 bits per heavy atom. The molecule has 108 valence electrons. The van der Waals surface area contributed by atoms with Crippen molar-refractivity contribution in [3.05, 3.63) is 35.8 Å². The Hall–Kier alpha value is -1.84. The number of aromatic nitrogens is 2. The van der Waals surface area contributed by atoms with E-state index < -0.39 is 0 Å². The van der Waals surface area contributed by atoms with E-state index in [1.807, 2.05) is 40.8 Å². The average Bonchev–Trinajstić information content (AvgIpc) is 2.82. The molecule has 0 saturated heterocycles. The topological polar surface area (TPSA) is 37.6 Å². The number of imidazole rings is 1. The van der Waals surface area contributed by atoms with Crippen molar-refractivity contribution in [1.82, 2.24) is 14.3 Å². The van der Waals surface area contributed by atoms with Crippen LogP contribution in [0.5, 0.6) is 0 Å². The third kappa shape index (κ3) is 3.18. The van der Waals surface area contributed by atoms with Gasteiger partial charge in [0.2, 0.25) is 5.91 Å². The van der Waals surface area contributed by atoms with Gasteiger partial charge in [-0.05, 0) is 31.4 Å². The van der Waals surface area contributed by atoms with Crippen LogP contribution in [-0.4, -0.2) is 33.3 Å². The van der Waals surface area contributed by atoms with E-state index in [0.717, 1.165) is 42.8 Å². The van der Waals surface area contributed by atoms with Crippen molar-refractivity contribution >= 4 is 11.6 Å². The number of hydrogen-bond acceptors (Lipinski definition) is 2. The number of fused-ring (bicyclic) bond motifs is 1. The molecule has 2 aromatic heterocycles. The molecular formula is C16H23N3O. The number of carbonyl (C=O) groups is 1. The molecular weight excluding hydrogens is 250 g/mol. The lowest BCUT2D eigenvalue weighted by Gasteiger charge is -2.20. The second kappa shape index (κ2) is 6.55. The summed E-state index contributed by atoms with van der Waals surface area (Å²) in [6.07, 6.45) is 6.31. The summed E-state index contributed by atoms with van der Waals surface area (Å²) in [7, 11) is 0. The van der Waals surface area contributed by atoms with Crippen LogP contribution in [0.4, 0.5) is 0 Å². The van der Waals surface area contributed by atoms with Crippen molar-refractivity contribution in [1.29, 1.82) is 0 Å². The van der Waals surface area contributed by atoms with Crippen LogP contribution in [0.15, 0.2) is 24.5 Å². The molecule has 0 atom stereocenters. The first-order valence-electron chi connectivity index (χ1n) is 7.36. The number of pyridine rings is 1. The Bertz CT molecular complexity index is 582. The van der Waals surface area contributed by atoms with Crippen molar-refractivity contribution in [2.75, 3.05) is 13.1 Å². The second-order valence-electron chi connectivity index (χ2n) is 5.21. The highest BCUT2D eigenvalue weighted by Crippen LogP contribution is 2.11. The standard InChI is InChI=1S/C16H23N3O/c1-4-8-18(9-5-2)15(20)11-14-12-19-10-6-7-13(3)16(19)17-14/h6-7,10,12H,4-5,8-9,11H2,1-3H3. The summed E-state index contributed by atoms with van der Waals surface area (Å²) in [5, 5.41) is 0. The van der Waals surface area contributed by atoms with Gasteiger partial charge in [-0.3, -0.25) is 4.79 Å². The summed E-state index contributed by atoms with van der Waals surface area (Å²) in [6.45, 7) is 7.90. The van der Waals surface area contributed by atoms with Gasteiger partial charge in [-0.2, -0.15) is 0 Å². The number of aryl methyl sites for hydroxylation is 1. The van der Waals surface area contributed by atoms with Gasteiger partial charge >= 0.3 is 0 Å². The van der Waals surface area contributed by atoms with Crippen LogP contribution < -0.4 is 0 Å². The lowest BCUT2D eigenvalue weighted by atomic mass is 10.2. The zero-order valence-electron chi connectivity index (χ0n) is 12.6.